The minimum Gasteiger partial charge on any atom is -0.301 e. The van der Waals surface area contributed by atoms with Crippen molar-refractivity contribution >= 4 is 67.0 Å². The molecule has 3 heterocycles. The highest BCUT2D eigenvalue weighted by atomic mass is 35.5. The number of rotatable bonds is 5. The number of nitrogens with one attached hydrogen (secondary N) is 1. The summed E-state index contributed by atoms with van der Waals surface area (Å²) in [5, 5.41) is 9.86. The van der Waals surface area contributed by atoms with Gasteiger partial charge < -0.3 is 5.32 Å². The molecule has 1 N–H and O–H groups in total. The van der Waals surface area contributed by atoms with Gasteiger partial charge in [0.15, 0.2) is 10.8 Å². The highest BCUT2D eigenvalue weighted by Gasteiger charge is 2.15. The fourth-order valence-corrected chi connectivity index (χ4v) is 4.81. The van der Waals surface area contributed by atoms with Crippen LogP contribution in [-0.4, -0.2) is 36.4 Å². The largest absolute Gasteiger partial charge is 0.301 e. The normalized spacial score (nSPS) is 11.2. The van der Waals surface area contributed by atoms with Gasteiger partial charge in [0.05, 0.1) is 38.3 Å². The molecule has 30 heavy (non-hydrogen) atoms. The molecule has 148 valence electrons. The maximum absolute atomic E-state index is 12.4. The molecule has 1 amide bonds. The van der Waals surface area contributed by atoms with Crippen molar-refractivity contribution in [3.63, 3.8) is 0 Å². The number of thioether (sulfide) groups is 1. The number of carbonyl (C=O) groups excluding carboxylic acids is 1. The maximum Gasteiger partial charge on any atom is 0.236 e. The van der Waals surface area contributed by atoms with Crippen LogP contribution in [0.15, 0.2) is 66.1 Å². The smallest absolute Gasteiger partial charge is 0.236 e. The predicted octanol–water partition coefficient (Wildman–Crippen LogP) is 4.81. The molecule has 0 fully saturated rings. The fraction of sp³-hybridized carbons (Fsp3) is 0.0500. The van der Waals surface area contributed by atoms with Crippen LogP contribution in [0, 0.1) is 0 Å². The van der Waals surface area contributed by atoms with Crippen LogP contribution < -0.4 is 5.32 Å². The lowest BCUT2D eigenvalue weighted by molar-refractivity contribution is -0.113. The molecule has 0 spiro atoms. The topological polar surface area (TPSA) is 85.6 Å². The van der Waals surface area contributed by atoms with Gasteiger partial charge in [-0.1, -0.05) is 59.0 Å². The van der Waals surface area contributed by atoms with Gasteiger partial charge in [-0.15, -0.1) is 0 Å². The molecular weight excluding hydrogens is 440 g/mol. The second-order valence-corrected chi connectivity index (χ2v) is 8.65. The number of amides is 1. The minimum absolute atomic E-state index is 0.149. The second-order valence-electron chi connectivity index (χ2n) is 6.25. The summed E-state index contributed by atoms with van der Waals surface area (Å²) in [7, 11) is 0. The lowest BCUT2D eigenvalue weighted by Gasteiger charge is -2.06. The highest BCUT2D eigenvalue weighted by molar-refractivity contribution is 8.00. The van der Waals surface area contributed by atoms with Crippen molar-refractivity contribution in [3.8, 4) is 5.69 Å². The van der Waals surface area contributed by atoms with Crippen molar-refractivity contribution in [2.24, 2.45) is 0 Å². The quantitative estimate of drug-likeness (QED) is 0.304. The predicted molar refractivity (Wildman–Crippen MR) is 121 cm³/mol. The van der Waals surface area contributed by atoms with Gasteiger partial charge in [-0.2, -0.15) is 5.10 Å². The van der Waals surface area contributed by atoms with Crippen LogP contribution in [0.1, 0.15) is 0 Å². The number of halogens is 1. The number of fused-ring (bicyclic) bond motifs is 2. The third-order valence-corrected chi connectivity index (χ3v) is 6.57. The molecular formula is C20H13ClN6OS2. The first kappa shape index (κ1) is 19.0. The van der Waals surface area contributed by atoms with Crippen molar-refractivity contribution in [1.82, 2.24) is 24.7 Å². The molecule has 0 aliphatic heterocycles. The summed E-state index contributed by atoms with van der Waals surface area (Å²) in [5.74, 6) is 0.0450. The summed E-state index contributed by atoms with van der Waals surface area (Å²) in [6.45, 7) is 0. The van der Waals surface area contributed by atoms with Gasteiger partial charge in [-0.05, 0) is 24.3 Å². The van der Waals surface area contributed by atoms with Crippen molar-refractivity contribution < 1.29 is 4.79 Å². The van der Waals surface area contributed by atoms with Gasteiger partial charge in [0.1, 0.15) is 11.4 Å². The summed E-state index contributed by atoms with van der Waals surface area (Å²) in [5.41, 5.74) is 2.24. The third-order valence-electron chi connectivity index (χ3n) is 4.29. The van der Waals surface area contributed by atoms with E-state index in [2.05, 4.69) is 25.4 Å². The van der Waals surface area contributed by atoms with Gasteiger partial charge >= 0.3 is 0 Å². The lowest BCUT2D eigenvalue weighted by atomic mass is 10.3. The van der Waals surface area contributed by atoms with Crippen LogP contribution in [0.3, 0.4) is 0 Å². The summed E-state index contributed by atoms with van der Waals surface area (Å²) in [6, 6.07) is 15.2. The van der Waals surface area contributed by atoms with Crippen molar-refractivity contribution in [2.45, 2.75) is 5.03 Å². The first-order valence-corrected chi connectivity index (χ1v) is 11.1. The van der Waals surface area contributed by atoms with Gasteiger partial charge in [0.25, 0.3) is 0 Å². The number of hydrogen-bond acceptors (Lipinski definition) is 7. The van der Waals surface area contributed by atoms with E-state index in [1.165, 1.54) is 29.4 Å². The van der Waals surface area contributed by atoms with Gasteiger partial charge in [0, 0.05) is 0 Å². The Morgan fingerprint density at radius 2 is 1.97 bits per heavy atom. The molecule has 0 saturated heterocycles. The highest BCUT2D eigenvalue weighted by Crippen LogP contribution is 2.29. The average Bonchev–Trinajstić information content (AvgIpc) is 3.36. The fourth-order valence-electron chi connectivity index (χ4n) is 2.95. The number of hydrogen-bond donors (Lipinski definition) is 1. The molecule has 0 atom stereocenters. The molecule has 10 heteroatoms. The van der Waals surface area contributed by atoms with Crippen molar-refractivity contribution in [3.05, 3.63) is 66.1 Å². The number of nitrogens with zero attached hydrogens (tertiary/aromatic N) is 5. The Bertz CT molecular complexity index is 1350. The molecule has 0 bridgehead atoms. The van der Waals surface area contributed by atoms with Crippen molar-refractivity contribution in [2.75, 3.05) is 11.1 Å². The van der Waals surface area contributed by atoms with Gasteiger partial charge in [-0.3, -0.25) is 4.79 Å². The number of thiazole rings is 1. The molecule has 2 aromatic carbocycles. The molecule has 0 radical (unpaired) electrons. The van der Waals surface area contributed by atoms with E-state index in [1.807, 2.05) is 42.5 Å². The first-order chi connectivity index (χ1) is 14.7. The zero-order chi connectivity index (χ0) is 20.5. The Morgan fingerprint density at radius 3 is 2.83 bits per heavy atom. The van der Waals surface area contributed by atoms with E-state index in [0.717, 1.165) is 21.3 Å². The Balaban J connectivity index is 1.34. The Labute approximate surface area is 184 Å². The van der Waals surface area contributed by atoms with Gasteiger partial charge in [0.2, 0.25) is 5.91 Å². The molecule has 5 rings (SSSR count). The Hall–Kier alpha value is -3.01. The zero-order valence-electron chi connectivity index (χ0n) is 15.3. The van der Waals surface area contributed by atoms with Crippen LogP contribution in [-0.2, 0) is 4.79 Å². The van der Waals surface area contributed by atoms with E-state index in [9.17, 15) is 4.79 Å². The van der Waals surface area contributed by atoms with E-state index < -0.39 is 0 Å². The summed E-state index contributed by atoms with van der Waals surface area (Å²) in [4.78, 5) is 25.5. The van der Waals surface area contributed by atoms with E-state index >= 15 is 0 Å². The van der Waals surface area contributed by atoms with Crippen molar-refractivity contribution in [1.29, 1.82) is 0 Å². The maximum atomic E-state index is 12.4. The number of aromatic nitrogens is 5. The molecule has 0 aliphatic rings. The monoisotopic (exact) mass is 452 g/mol. The summed E-state index contributed by atoms with van der Waals surface area (Å²) < 4.78 is 2.70. The number of anilines is 1. The number of benzene rings is 2. The van der Waals surface area contributed by atoms with E-state index in [-0.39, 0.29) is 11.7 Å². The summed E-state index contributed by atoms with van der Waals surface area (Å²) >= 11 is 9.07. The lowest BCUT2D eigenvalue weighted by Crippen LogP contribution is -2.13. The SMILES string of the molecule is O=C(CSc1ncnc2c1cnn2-c1ccccc1Cl)Nc1nc2ccccc2s1. The third kappa shape index (κ3) is 3.62. The minimum atomic E-state index is -0.149. The molecule has 0 aliphatic carbocycles. The molecule has 0 saturated carbocycles. The van der Waals surface area contributed by atoms with Crippen LogP contribution in [0.5, 0.6) is 0 Å². The summed E-state index contributed by atoms with van der Waals surface area (Å²) in [6.07, 6.45) is 3.15. The number of para-hydroxylation sites is 2. The van der Waals surface area contributed by atoms with Crippen LogP contribution in [0.25, 0.3) is 26.9 Å². The van der Waals surface area contributed by atoms with E-state index in [4.69, 9.17) is 11.6 Å². The van der Waals surface area contributed by atoms with E-state index in [1.54, 1.807) is 16.9 Å². The van der Waals surface area contributed by atoms with Crippen LogP contribution in [0.2, 0.25) is 5.02 Å². The molecule has 5 aromatic rings. The molecule has 7 nitrogen and oxygen atoms in total. The Morgan fingerprint density at radius 1 is 1.13 bits per heavy atom. The zero-order valence-corrected chi connectivity index (χ0v) is 17.7. The Kier molecular flexibility index (Phi) is 5.07. The molecule has 0 unspecified atom stereocenters. The van der Waals surface area contributed by atoms with Crippen LogP contribution in [0.4, 0.5) is 5.13 Å². The van der Waals surface area contributed by atoms with Crippen LogP contribution >= 0.6 is 34.7 Å². The first-order valence-electron chi connectivity index (χ1n) is 8.91. The van der Waals surface area contributed by atoms with E-state index in [0.29, 0.717) is 20.8 Å². The number of carbonyl (C=O) groups is 1. The average molecular weight is 453 g/mol. The second kappa shape index (κ2) is 8.02. The standard InChI is InChI=1S/C20H13ClN6OS2/c21-13-5-1-3-7-15(13)27-18-12(9-24-27)19(23-11-22-18)29-10-17(28)26-20-25-14-6-2-4-8-16(14)30-20/h1-9,11H,10H2,(H,25,26,28). The molecule has 3 aromatic heterocycles. The van der Waals surface area contributed by atoms with Gasteiger partial charge in [-0.25, -0.2) is 19.6 Å².